The smallest absolute Gasteiger partial charge is 0.295 e. The Morgan fingerprint density at radius 3 is 2.68 bits per heavy atom. The Morgan fingerprint density at radius 1 is 1.08 bits per heavy atom. The largest absolute Gasteiger partial charge is 0.449 e. The van der Waals surface area contributed by atoms with E-state index in [4.69, 9.17) is 4.42 Å². The van der Waals surface area contributed by atoms with Gasteiger partial charge >= 0.3 is 0 Å². The SMILES string of the molecule is O=C(c1cc2ncccc2o1)N(CC1CCCCC1)c1ccccn1. The molecule has 0 atom stereocenters. The minimum absolute atomic E-state index is 0.151. The fourth-order valence-electron chi connectivity index (χ4n) is 3.53. The second-order valence-electron chi connectivity index (χ2n) is 6.61. The number of anilines is 1. The maximum atomic E-state index is 13.2. The number of hydrogen-bond acceptors (Lipinski definition) is 4. The molecule has 1 amide bonds. The maximum Gasteiger partial charge on any atom is 0.295 e. The van der Waals surface area contributed by atoms with Crippen LogP contribution in [0.1, 0.15) is 42.7 Å². The molecule has 0 aliphatic heterocycles. The van der Waals surface area contributed by atoms with Gasteiger partial charge in [-0.15, -0.1) is 0 Å². The lowest BCUT2D eigenvalue weighted by atomic mass is 9.89. The van der Waals surface area contributed by atoms with Gasteiger partial charge in [0.15, 0.2) is 11.3 Å². The minimum atomic E-state index is -0.151. The zero-order valence-electron chi connectivity index (χ0n) is 14.1. The van der Waals surface area contributed by atoms with Crippen LogP contribution in [0, 0.1) is 5.92 Å². The monoisotopic (exact) mass is 335 g/mol. The third kappa shape index (κ3) is 3.40. The number of carbonyl (C=O) groups is 1. The summed E-state index contributed by atoms with van der Waals surface area (Å²) in [5, 5.41) is 0. The first-order valence-electron chi connectivity index (χ1n) is 8.89. The number of nitrogens with zero attached hydrogens (tertiary/aromatic N) is 3. The molecule has 25 heavy (non-hydrogen) atoms. The van der Waals surface area contributed by atoms with Crippen molar-refractivity contribution in [2.45, 2.75) is 32.1 Å². The van der Waals surface area contributed by atoms with E-state index >= 15 is 0 Å². The van der Waals surface area contributed by atoms with Gasteiger partial charge in [0.1, 0.15) is 11.3 Å². The average molecular weight is 335 g/mol. The molecule has 0 unspecified atom stereocenters. The molecule has 1 aliphatic carbocycles. The van der Waals surface area contributed by atoms with Gasteiger partial charge in [-0.1, -0.05) is 25.3 Å². The zero-order valence-corrected chi connectivity index (χ0v) is 14.1. The Balaban J connectivity index is 1.65. The van der Waals surface area contributed by atoms with Crippen molar-refractivity contribution in [1.82, 2.24) is 9.97 Å². The van der Waals surface area contributed by atoms with E-state index < -0.39 is 0 Å². The van der Waals surface area contributed by atoms with Crippen molar-refractivity contribution < 1.29 is 9.21 Å². The summed E-state index contributed by atoms with van der Waals surface area (Å²) in [6.07, 6.45) is 9.52. The molecule has 4 rings (SSSR count). The van der Waals surface area contributed by atoms with E-state index in [1.165, 1.54) is 19.3 Å². The highest BCUT2D eigenvalue weighted by atomic mass is 16.3. The summed E-state index contributed by atoms with van der Waals surface area (Å²) >= 11 is 0. The number of rotatable bonds is 4. The Labute approximate surface area is 146 Å². The molecular weight excluding hydrogens is 314 g/mol. The molecule has 0 radical (unpaired) electrons. The zero-order chi connectivity index (χ0) is 17.1. The highest BCUT2D eigenvalue weighted by Crippen LogP contribution is 2.27. The van der Waals surface area contributed by atoms with E-state index in [1.54, 1.807) is 29.4 Å². The van der Waals surface area contributed by atoms with Gasteiger partial charge in [-0.25, -0.2) is 4.98 Å². The highest BCUT2D eigenvalue weighted by Gasteiger charge is 2.26. The number of fused-ring (bicyclic) bond motifs is 1. The van der Waals surface area contributed by atoms with Crippen LogP contribution in [0.4, 0.5) is 5.82 Å². The van der Waals surface area contributed by atoms with Gasteiger partial charge in [0.05, 0.1) is 0 Å². The Hall–Kier alpha value is -2.69. The number of aromatic nitrogens is 2. The molecule has 0 spiro atoms. The van der Waals surface area contributed by atoms with E-state index in [1.807, 2.05) is 24.3 Å². The molecule has 3 aromatic heterocycles. The van der Waals surface area contributed by atoms with Crippen molar-refractivity contribution in [3.63, 3.8) is 0 Å². The summed E-state index contributed by atoms with van der Waals surface area (Å²) in [4.78, 5) is 23.6. The molecule has 0 aromatic carbocycles. The van der Waals surface area contributed by atoms with E-state index in [2.05, 4.69) is 9.97 Å². The molecule has 0 bridgehead atoms. The summed E-state index contributed by atoms with van der Waals surface area (Å²) in [5.41, 5.74) is 1.33. The molecule has 0 N–H and O–H groups in total. The van der Waals surface area contributed by atoms with E-state index in [0.717, 1.165) is 12.8 Å². The van der Waals surface area contributed by atoms with E-state index in [0.29, 0.717) is 35.1 Å². The molecule has 5 nitrogen and oxygen atoms in total. The first-order valence-corrected chi connectivity index (χ1v) is 8.89. The molecule has 3 aromatic rings. The van der Waals surface area contributed by atoms with Crippen LogP contribution in [-0.2, 0) is 0 Å². The summed E-state index contributed by atoms with van der Waals surface area (Å²) in [5.74, 6) is 1.35. The van der Waals surface area contributed by atoms with Crippen LogP contribution in [0.15, 0.2) is 53.2 Å². The predicted molar refractivity (Wildman–Crippen MR) is 96.5 cm³/mol. The third-order valence-electron chi connectivity index (χ3n) is 4.83. The van der Waals surface area contributed by atoms with Crippen LogP contribution in [0.3, 0.4) is 0 Å². The predicted octanol–water partition coefficient (Wildman–Crippen LogP) is 4.45. The van der Waals surface area contributed by atoms with Crippen molar-refractivity contribution in [2.75, 3.05) is 11.4 Å². The van der Waals surface area contributed by atoms with Crippen LogP contribution in [0.2, 0.25) is 0 Å². The lowest BCUT2D eigenvalue weighted by Crippen LogP contribution is -2.36. The Bertz CT molecular complexity index is 821. The van der Waals surface area contributed by atoms with Gasteiger partial charge in [0, 0.05) is 25.0 Å². The lowest BCUT2D eigenvalue weighted by molar-refractivity contribution is 0.0955. The van der Waals surface area contributed by atoms with Crippen LogP contribution < -0.4 is 4.90 Å². The topological polar surface area (TPSA) is 59.2 Å². The van der Waals surface area contributed by atoms with Gasteiger partial charge in [0.25, 0.3) is 5.91 Å². The fourth-order valence-corrected chi connectivity index (χ4v) is 3.53. The second-order valence-corrected chi connectivity index (χ2v) is 6.61. The van der Waals surface area contributed by atoms with Gasteiger partial charge in [-0.2, -0.15) is 0 Å². The van der Waals surface area contributed by atoms with Crippen molar-refractivity contribution in [3.8, 4) is 0 Å². The maximum absolute atomic E-state index is 13.2. The van der Waals surface area contributed by atoms with Crippen molar-refractivity contribution in [1.29, 1.82) is 0 Å². The van der Waals surface area contributed by atoms with Crippen LogP contribution in [0.25, 0.3) is 11.1 Å². The summed E-state index contributed by atoms with van der Waals surface area (Å²) in [6.45, 7) is 0.681. The van der Waals surface area contributed by atoms with Gasteiger partial charge in [-0.3, -0.25) is 14.7 Å². The number of carbonyl (C=O) groups excluding carboxylic acids is 1. The van der Waals surface area contributed by atoms with Gasteiger partial charge in [-0.05, 0) is 43.0 Å². The summed E-state index contributed by atoms with van der Waals surface area (Å²) in [6, 6.07) is 11.0. The first kappa shape index (κ1) is 15.8. The molecule has 1 fully saturated rings. The normalized spacial score (nSPS) is 15.4. The standard InChI is InChI=1S/C20H21N3O2/c24-20(18-13-16-17(25-18)9-6-12-21-16)23(19-10-4-5-11-22-19)14-15-7-2-1-3-8-15/h4-6,9-13,15H,1-3,7-8,14H2. The first-order chi connectivity index (χ1) is 12.3. The van der Waals surface area contributed by atoms with Crippen molar-refractivity contribution in [2.24, 2.45) is 5.92 Å². The van der Waals surface area contributed by atoms with Crippen LogP contribution in [-0.4, -0.2) is 22.4 Å². The van der Waals surface area contributed by atoms with E-state index in [-0.39, 0.29) is 5.91 Å². The lowest BCUT2D eigenvalue weighted by Gasteiger charge is -2.28. The number of amides is 1. The molecule has 1 saturated carbocycles. The molecule has 3 heterocycles. The second kappa shape index (κ2) is 7.05. The Kier molecular flexibility index (Phi) is 4.46. The highest BCUT2D eigenvalue weighted by molar-refractivity contribution is 6.05. The van der Waals surface area contributed by atoms with Crippen molar-refractivity contribution in [3.05, 3.63) is 54.6 Å². The van der Waals surface area contributed by atoms with Crippen LogP contribution >= 0.6 is 0 Å². The molecular formula is C20H21N3O2. The minimum Gasteiger partial charge on any atom is -0.449 e. The molecule has 128 valence electrons. The fraction of sp³-hybridized carbons (Fsp3) is 0.350. The quantitative estimate of drug-likeness (QED) is 0.707. The molecule has 5 heteroatoms. The van der Waals surface area contributed by atoms with E-state index in [9.17, 15) is 4.79 Å². The average Bonchev–Trinajstić information content (AvgIpc) is 3.11. The summed E-state index contributed by atoms with van der Waals surface area (Å²) < 4.78 is 5.74. The summed E-state index contributed by atoms with van der Waals surface area (Å²) in [7, 11) is 0. The van der Waals surface area contributed by atoms with Gasteiger partial charge in [0.2, 0.25) is 0 Å². The number of furan rings is 1. The van der Waals surface area contributed by atoms with Crippen molar-refractivity contribution >= 4 is 22.8 Å². The Morgan fingerprint density at radius 2 is 1.92 bits per heavy atom. The van der Waals surface area contributed by atoms with Crippen LogP contribution in [0.5, 0.6) is 0 Å². The number of hydrogen-bond donors (Lipinski definition) is 0. The molecule has 0 saturated heterocycles. The molecule has 1 aliphatic rings. The number of pyridine rings is 2. The van der Waals surface area contributed by atoms with Gasteiger partial charge < -0.3 is 4.42 Å². The third-order valence-corrected chi connectivity index (χ3v) is 4.83.